The predicted molar refractivity (Wildman–Crippen MR) is 133 cm³/mol. The van der Waals surface area contributed by atoms with E-state index in [4.69, 9.17) is 11.6 Å². The SMILES string of the molecule is [2H]C([2H])(c1ccccc1)c1cccc2c1oc1c(-c3cc4c(cn3)oc3ccccc34)cccc12. The van der Waals surface area contributed by atoms with Crippen LogP contribution in [0.1, 0.15) is 13.9 Å². The van der Waals surface area contributed by atoms with Gasteiger partial charge in [0.1, 0.15) is 16.7 Å². The van der Waals surface area contributed by atoms with Crippen molar-refractivity contribution in [1.29, 1.82) is 0 Å². The molecule has 0 N–H and O–H groups in total. The average molecular weight is 427 g/mol. The molecule has 7 aromatic rings. The van der Waals surface area contributed by atoms with Crippen LogP contribution in [0.25, 0.3) is 55.1 Å². The third-order valence-electron chi connectivity index (χ3n) is 6.12. The Balaban J connectivity index is 1.47. The minimum atomic E-state index is -1.71. The Morgan fingerprint density at radius 1 is 0.636 bits per heavy atom. The fourth-order valence-corrected chi connectivity index (χ4v) is 4.58. The molecule has 0 aliphatic rings. The number of nitrogens with zero attached hydrogens (tertiary/aromatic N) is 1. The number of aromatic nitrogens is 1. The van der Waals surface area contributed by atoms with E-state index in [9.17, 15) is 0 Å². The number of hydrogen-bond donors (Lipinski definition) is 0. The van der Waals surface area contributed by atoms with Gasteiger partial charge in [0.25, 0.3) is 0 Å². The van der Waals surface area contributed by atoms with Crippen LogP contribution in [0.5, 0.6) is 0 Å². The highest BCUT2D eigenvalue weighted by molar-refractivity contribution is 6.11. The van der Waals surface area contributed by atoms with Crippen molar-refractivity contribution in [2.75, 3.05) is 0 Å². The predicted octanol–water partition coefficient (Wildman–Crippen LogP) is 8.14. The molecule has 0 bridgehead atoms. The van der Waals surface area contributed by atoms with Gasteiger partial charge in [-0.15, -0.1) is 0 Å². The largest absolute Gasteiger partial charge is 0.455 e. The lowest BCUT2D eigenvalue weighted by molar-refractivity contribution is 0.664. The van der Waals surface area contributed by atoms with Crippen LogP contribution in [0, 0.1) is 0 Å². The van der Waals surface area contributed by atoms with Crippen molar-refractivity contribution >= 4 is 43.9 Å². The Kier molecular flexibility index (Phi) is 3.49. The van der Waals surface area contributed by atoms with Gasteiger partial charge in [-0.25, -0.2) is 0 Å². The molecule has 7 rings (SSSR count). The molecule has 3 heterocycles. The highest BCUT2D eigenvalue weighted by atomic mass is 16.3. The molecule has 0 fully saturated rings. The third kappa shape index (κ3) is 2.86. The first-order chi connectivity index (χ1) is 17.1. The number of para-hydroxylation sites is 3. The molecule has 3 nitrogen and oxygen atoms in total. The fourth-order valence-electron chi connectivity index (χ4n) is 4.58. The van der Waals surface area contributed by atoms with Crippen molar-refractivity contribution in [3.05, 3.63) is 114 Å². The summed E-state index contributed by atoms with van der Waals surface area (Å²) in [7, 11) is 0. The van der Waals surface area contributed by atoms with Crippen LogP contribution < -0.4 is 0 Å². The number of fused-ring (bicyclic) bond motifs is 6. The number of hydrogen-bond acceptors (Lipinski definition) is 3. The van der Waals surface area contributed by atoms with E-state index in [1.165, 1.54) is 0 Å². The molecule has 3 aromatic heterocycles. The van der Waals surface area contributed by atoms with E-state index >= 15 is 0 Å². The van der Waals surface area contributed by atoms with E-state index in [2.05, 4.69) is 4.98 Å². The molecule has 0 aliphatic carbocycles. The van der Waals surface area contributed by atoms with Gasteiger partial charge in [-0.05, 0) is 29.3 Å². The molecule has 0 saturated carbocycles. The Hall–Kier alpha value is -4.37. The van der Waals surface area contributed by atoms with E-state index in [1.807, 2.05) is 78.9 Å². The summed E-state index contributed by atoms with van der Waals surface area (Å²) >= 11 is 0. The lowest BCUT2D eigenvalue weighted by Crippen LogP contribution is -1.87. The summed E-state index contributed by atoms with van der Waals surface area (Å²) in [6, 6.07) is 30.9. The molecule has 0 saturated heterocycles. The lowest BCUT2D eigenvalue weighted by Gasteiger charge is -2.03. The minimum Gasteiger partial charge on any atom is -0.455 e. The molecular formula is C30H19NO2. The van der Waals surface area contributed by atoms with Crippen LogP contribution in [0.15, 0.2) is 112 Å². The first-order valence-electron chi connectivity index (χ1n) is 11.9. The van der Waals surface area contributed by atoms with E-state index in [0.717, 1.165) is 44.0 Å². The van der Waals surface area contributed by atoms with Crippen molar-refractivity contribution in [3.63, 3.8) is 0 Å². The van der Waals surface area contributed by atoms with Gasteiger partial charge in [0.15, 0.2) is 5.58 Å². The summed E-state index contributed by atoms with van der Waals surface area (Å²) < 4.78 is 30.2. The molecule has 0 amide bonds. The zero-order valence-corrected chi connectivity index (χ0v) is 17.6. The summed E-state index contributed by atoms with van der Waals surface area (Å²) in [5.74, 6) is 0. The second-order valence-corrected chi connectivity index (χ2v) is 8.12. The van der Waals surface area contributed by atoms with E-state index in [1.54, 1.807) is 24.4 Å². The van der Waals surface area contributed by atoms with Gasteiger partial charge in [0.2, 0.25) is 0 Å². The van der Waals surface area contributed by atoms with Crippen LogP contribution in [0.4, 0.5) is 0 Å². The molecule has 156 valence electrons. The van der Waals surface area contributed by atoms with E-state index < -0.39 is 6.37 Å². The second-order valence-electron chi connectivity index (χ2n) is 8.12. The molecular weight excluding hydrogens is 406 g/mol. The lowest BCUT2D eigenvalue weighted by atomic mass is 10.0. The molecule has 3 heteroatoms. The zero-order valence-electron chi connectivity index (χ0n) is 19.6. The van der Waals surface area contributed by atoms with Gasteiger partial charge in [0, 0.05) is 36.2 Å². The second kappa shape index (κ2) is 7.07. The van der Waals surface area contributed by atoms with Crippen LogP contribution >= 0.6 is 0 Å². The Morgan fingerprint density at radius 2 is 1.39 bits per heavy atom. The number of furan rings is 2. The Labute approximate surface area is 192 Å². The fraction of sp³-hybridized carbons (Fsp3) is 0.0333. The van der Waals surface area contributed by atoms with Gasteiger partial charge < -0.3 is 8.83 Å². The molecule has 0 radical (unpaired) electrons. The summed E-state index contributed by atoms with van der Waals surface area (Å²) in [6.45, 7) is 0. The summed E-state index contributed by atoms with van der Waals surface area (Å²) in [5.41, 5.74) is 5.55. The topological polar surface area (TPSA) is 39.2 Å². The normalized spacial score (nSPS) is 13.1. The van der Waals surface area contributed by atoms with Gasteiger partial charge in [0.05, 0.1) is 11.9 Å². The van der Waals surface area contributed by atoms with Gasteiger partial charge in [-0.3, -0.25) is 4.98 Å². The minimum absolute atomic E-state index is 0.507. The summed E-state index contributed by atoms with van der Waals surface area (Å²) in [4.78, 5) is 4.68. The maximum atomic E-state index is 8.91. The zero-order chi connectivity index (χ0) is 23.6. The first kappa shape index (κ1) is 16.3. The molecule has 4 aromatic carbocycles. The summed E-state index contributed by atoms with van der Waals surface area (Å²) in [5, 5.41) is 3.86. The van der Waals surface area contributed by atoms with Gasteiger partial charge >= 0.3 is 0 Å². The highest BCUT2D eigenvalue weighted by Crippen LogP contribution is 2.38. The summed E-state index contributed by atoms with van der Waals surface area (Å²) in [6.07, 6.45) is 0.0489. The first-order valence-corrected chi connectivity index (χ1v) is 10.9. The Morgan fingerprint density at radius 3 is 2.30 bits per heavy atom. The molecule has 33 heavy (non-hydrogen) atoms. The van der Waals surface area contributed by atoms with Crippen molar-refractivity contribution in [2.45, 2.75) is 6.37 Å². The van der Waals surface area contributed by atoms with Crippen LogP contribution in [-0.4, -0.2) is 4.98 Å². The van der Waals surface area contributed by atoms with Gasteiger partial charge in [-0.1, -0.05) is 78.9 Å². The standard InChI is InChI=1S/C30H19NO2/c1-2-8-19(9-3-1)16-20-10-6-12-22-23-13-7-14-24(30(23)33-29(20)22)26-17-25-21-11-4-5-15-27(21)32-28(25)18-31-26/h1-15,17-18H,16H2/i16D2. The molecule has 0 unspecified atom stereocenters. The van der Waals surface area contributed by atoms with Crippen LogP contribution in [0.2, 0.25) is 0 Å². The molecule has 0 aliphatic heterocycles. The number of rotatable bonds is 3. The Bertz CT molecular complexity index is 1880. The van der Waals surface area contributed by atoms with Crippen molar-refractivity contribution in [1.82, 2.24) is 4.98 Å². The van der Waals surface area contributed by atoms with Crippen molar-refractivity contribution < 1.29 is 11.6 Å². The van der Waals surface area contributed by atoms with E-state index in [-0.39, 0.29) is 0 Å². The van der Waals surface area contributed by atoms with Crippen molar-refractivity contribution in [2.24, 2.45) is 0 Å². The van der Waals surface area contributed by atoms with E-state index in [0.29, 0.717) is 22.3 Å². The van der Waals surface area contributed by atoms with Crippen molar-refractivity contribution in [3.8, 4) is 11.3 Å². The van der Waals surface area contributed by atoms with Gasteiger partial charge in [-0.2, -0.15) is 0 Å². The average Bonchev–Trinajstić information content (AvgIpc) is 3.47. The maximum absolute atomic E-state index is 8.91. The smallest absolute Gasteiger partial charge is 0.153 e. The highest BCUT2D eigenvalue weighted by Gasteiger charge is 2.16. The maximum Gasteiger partial charge on any atom is 0.153 e. The number of pyridine rings is 1. The quantitative estimate of drug-likeness (QED) is 0.286. The number of benzene rings is 4. The monoisotopic (exact) mass is 427 g/mol. The van der Waals surface area contributed by atoms with Crippen LogP contribution in [-0.2, 0) is 6.37 Å². The molecule has 0 atom stereocenters. The third-order valence-corrected chi connectivity index (χ3v) is 6.12. The van der Waals surface area contributed by atoms with Crippen LogP contribution in [0.3, 0.4) is 0 Å². The molecule has 0 spiro atoms.